The molecule has 6 nitrogen and oxygen atoms in total. The number of hydrogen-bond acceptors (Lipinski definition) is 6. The van der Waals surface area contributed by atoms with E-state index in [4.69, 9.17) is 11.1 Å². The maximum atomic E-state index is 9.07. The number of allylic oxidation sites excluding steroid dienone is 1. The van der Waals surface area contributed by atoms with Crippen molar-refractivity contribution in [2.45, 2.75) is 25.8 Å². The first kappa shape index (κ1) is 20.0. The maximum absolute atomic E-state index is 9.07. The molecule has 6 heteroatoms. The van der Waals surface area contributed by atoms with Gasteiger partial charge in [0.05, 0.1) is 23.4 Å². The molecule has 2 heterocycles. The Bertz CT molecular complexity index is 1010. The third-order valence-electron chi connectivity index (χ3n) is 5.81. The average Bonchev–Trinajstić information content (AvgIpc) is 2.99. The highest BCUT2D eigenvalue weighted by molar-refractivity contribution is 5.75. The van der Waals surface area contributed by atoms with Crippen LogP contribution in [0.2, 0.25) is 0 Å². The van der Waals surface area contributed by atoms with Crippen LogP contribution in [0.5, 0.6) is 0 Å². The predicted octanol–water partition coefficient (Wildman–Crippen LogP) is 3.23. The summed E-state index contributed by atoms with van der Waals surface area (Å²) in [6.45, 7) is 4.75. The Morgan fingerprint density at radius 1 is 1.17 bits per heavy atom. The first-order valence-corrected chi connectivity index (χ1v) is 10.4. The average molecular weight is 401 g/mol. The van der Waals surface area contributed by atoms with E-state index in [1.807, 2.05) is 31.2 Å². The summed E-state index contributed by atoms with van der Waals surface area (Å²) in [6, 6.07) is 16.7. The summed E-state index contributed by atoms with van der Waals surface area (Å²) in [6.07, 6.45) is 4.25. The zero-order chi connectivity index (χ0) is 20.9. The third-order valence-corrected chi connectivity index (χ3v) is 5.81. The van der Waals surface area contributed by atoms with Crippen LogP contribution in [-0.4, -0.2) is 19.6 Å². The molecular formula is C24H28N6. The second-order valence-corrected chi connectivity index (χ2v) is 7.73. The molecule has 2 aromatic carbocycles. The smallest absolute Gasteiger partial charge is 0.0991 e. The predicted molar refractivity (Wildman–Crippen MR) is 122 cm³/mol. The lowest BCUT2D eigenvalue weighted by atomic mass is 9.91. The molecule has 4 rings (SSSR count). The Balaban J connectivity index is 1.75. The van der Waals surface area contributed by atoms with Crippen LogP contribution in [0, 0.1) is 11.3 Å². The van der Waals surface area contributed by atoms with Crippen molar-refractivity contribution in [3.05, 3.63) is 76.5 Å². The van der Waals surface area contributed by atoms with Crippen LogP contribution in [0.3, 0.4) is 0 Å². The molecule has 0 bridgehead atoms. The molecule has 0 spiro atoms. The third kappa shape index (κ3) is 4.18. The number of nitriles is 1. The summed E-state index contributed by atoms with van der Waals surface area (Å²) in [7, 11) is 0. The van der Waals surface area contributed by atoms with E-state index in [9.17, 15) is 0 Å². The van der Waals surface area contributed by atoms with Gasteiger partial charge in [-0.2, -0.15) is 5.26 Å². The lowest BCUT2D eigenvalue weighted by Gasteiger charge is -2.23. The van der Waals surface area contributed by atoms with Gasteiger partial charge in [-0.25, -0.2) is 0 Å². The van der Waals surface area contributed by atoms with Crippen LogP contribution >= 0.6 is 0 Å². The zero-order valence-electron chi connectivity index (χ0n) is 17.3. The Labute approximate surface area is 177 Å². The van der Waals surface area contributed by atoms with Crippen LogP contribution in [-0.2, 0) is 0 Å². The van der Waals surface area contributed by atoms with E-state index < -0.39 is 0 Å². The highest BCUT2D eigenvalue weighted by Crippen LogP contribution is 2.35. The molecule has 6 N–H and O–H groups in total. The Hall–Kier alpha value is -3.27. The van der Waals surface area contributed by atoms with E-state index >= 15 is 0 Å². The molecule has 0 saturated carbocycles. The van der Waals surface area contributed by atoms with Gasteiger partial charge in [0.1, 0.15) is 0 Å². The number of hydrazine groups is 1. The molecule has 2 aliphatic heterocycles. The van der Waals surface area contributed by atoms with Gasteiger partial charge < -0.3 is 21.4 Å². The topological polar surface area (TPSA) is 97.9 Å². The SMILES string of the molecule is C/C(NN)=C1/NCCC(Nc2ccc(C#N)cc2)c2cc(C3=CCNCC3)ccc21. The molecule has 0 radical (unpaired) electrons. The molecule has 30 heavy (non-hydrogen) atoms. The highest BCUT2D eigenvalue weighted by atomic mass is 15.2. The lowest BCUT2D eigenvalue weighted by Crippen LogP contribution is -2.25. The number of fused-ring (bicyclic) bond motifs is 1. The van der Waals surface area contributed by atoms with Gasteiger partial charge in [0.25, 0.3) is 0 Å². The van der Waals surface area contributed by atoms with Crippen molar-refractivity contribution >= 4 is 17.0 Å². The van der Waals surface area contributed by atoms with Crippen molar-refractivity contribution in [2.24, 2.45) is 5.84 Å². The van der Waals surface area contributed by atoms with Gasteiger partial charge in [0, 0.05) is 30.0 Å². The summed E-state index contributed by atoms with van der Waals surface area (Å²) in [5.41, 5.74) is 11.5. The first-order chi connectivity index (χ1) is 14.7. The fourth-order valence-electron chi connectivity index (χ4n) is 4.15. The number of hydrogen-bond donors (Lipinski definition) is 5. The maximum Gasteiger partial charge on any atom is 0.0991 e. The number of nitrogens with zero attached hydrogens (tertiary/aromatic N) is 1. The van der Waals surface area contributed by atoms with Gasteiger partial charge >= 0.3 is 0 Å². The largest absolute Gasteiger partial charge is 0.383 e. The second-order valence-electron chi connectivity index (χ2n) is 7.73. The van der Waals surface area contributed by atoms with E-state index in [0.717, 1.165) is 55.1 Å². The normalized spacial score (nSPS) is 20.0. The van der Waals surface area contributed by atoms with Crippen LogP contribution in [0.4, 0.5) is 5.69 Å². The molecule has 1 unspecified atom stereocenters. The van der Waals surface area contributed by atoms with Gasteiger partial charge in [-0.15, -0.1) is 0 Å². The minimum absolute atomic E-state index is 0.144. The molecular weight excluding hydrogens is 372 g/mol. The van der Waals surface area contributed by atoms with E-state index in [2.05, 4.69) is 51.7 Å². The Morgan fingerprint density at radius 2 is 2.00 bits per heavy atom. The molecule has 0 aromatic heterocycles. The van der Waals surface area contributed by atoms with Crippen LogP contribution in [0.1, 0.15) is 48.1 Å². The van der Waals surface area contributed by atoms with Gasteiger partial charge in [-0.1, -0.05) is 18.2 Å². The Morgan fingerprint density at radius 3 is 2.70 bits per heavy atom. The fourth-order valence-corrected chi connectivity index (χ4v) is 4.15. The summed E-state index contributed by atoms with van der Waals surface area (Å²) >= 11 is 0. The van der Waals surface area contributed by atoms with Crippen molar-refractivity contribution in [2.75, 3.05) is 25.0 Å². The summed E-state index contributed by atoms with van der Waals surface area (Å²) in [5, 5.41) is 19.7. The second kappa shape index (κ2) is 9.04. The van der Waals surface area contributed by atoms with E-state index in [-0.39, 0.29) is 6.04 Å². The zero-order valence-corrected chi connectivity index (χ0v) is 17.3. The first-order valence-electron chi connectivity index (χ1n) is 10.4. The van der Waals surface area contributed by atoms with Crippen molar-refractivity contribution in [3.63, 3.8) is 0 Å². The minimum Gasteiger partial charge on any atom is -0.383 e. The van der Waals surface area contributed by atoms with Crippen molar-refractivity contribution in [1.82, 2.24) is 16.1 Å². The molecule has 0 amide bonds. The van der Waals surface area contributed by atoms with E-state index in [1.165, 1.54) is 16.7 Å². The molecule has 154 valence electrons. The van der Waals surface area contributed by atoms with Gasteiger partial charge in [0.2, 0.25) is 0 Å². The lowest BCUT2D eigenvalue weighted by molar-refractivity contribution is 0.681. The van der Waals surface area contributed by atoms with Crippen LogP contribution < -0.4 is 27.2 Å². The van der Waals surface area contributed by atoms with Gasteiger partial charge in [0.15, 0.2) is 0 Å². The summed E-state index contributed by atoms with van der Waals surface area (Å²) in [4.78, 5) is 0. The van der Waals surface area contributed by atoms with E-state index in [1.54, 1.807) is 0 Å². The standard InChI is InChI=1S/C24H28N6/c1-16(30-26)24-21-7-4-19(18-8-11-27-12-9-18)14-22(21)23(10-13-28-24)29-20-5-2-17(15-25)3-6-20/h2-8,14,23,27-30H,9-13,26H2,1H3/b24-16-. The Kier molecular flexibility index (Phi) is 6.03. The monoisotopic (exact) mass is 400 g/mol. The molecule has 0 saturated heterocycles. The van der Waals surface area contributed by atoms with Crippen molar-refractivity contribution in [3.8, 4) is 6.07 Å². The van der Waals surface area contributed by atoms with Crippen molar-refractivity contribution in [1.29, 1.82) is 5.26 Å². The van der Waals surface area contributed by atoms with Gasteiger partial charge in [-0.05, 0) is 73.3 Å². The number of anilines is 1. The number of benzene rings is 2. The summed E-state index contributed by atoms with van der Waals surface area (Å²) in [5.74, 6) is 5.74. The number of rotatable bonds is 4. The molecule has 0 fully saturated rings. The summed E-state index contributed by atoms with van der Waals surface area (Å²) < 4.78 is 0. The number of nitrogens with two attached hydrogens (primary N) is 1. The van der Waals surface area contributed by atoms with Crippen LogP contribution in [0.15, 0.2) is 54.2 Å². The molecule has 2 aromatic rings. The fraction of sp³-hybridized carbons (Fsp3) is 0.292. The highest BCUT2D eigenvalue weighted by Gasteiger charge is 2.23. The quantitative estimate of drug-likeness (QED) is 0.399. The molecule has 0 aliphatic carbocycles. The molecule has 1 atom stereocenters. The number of nitrogens with one attached hydrogen (secondary N) is 4. The molecule has 2 aliphatic rings. The van der Waals surface area contributed by atoms with Crippen molar-refractivity contribution < 1.29 is 0 Å². The minimum atomic E-state index is 0.144. The van der Waals surface area contributed by atoms with E-state index in [0.29, 0.717) is 5.56 Å². The van der Waals surface area contributed by atoms with Gasteiger partial charge in [-0.3, -0.25) is 5.84 Å². The van der Waals surface area contributed by atoms with Crippen LogP contribution in [0.25, 0.3) is 11.3 Å².